The van der Waals surface area contributed by atoms with E-state index in [-0.39, 0.29) is 29.6 Å². The van der Waals surface area contributed by atoms with E-state index in [1.807, 2.05) is 6.92 Å². The van der Waals surface area contributed by atoms with Gasteiger partial charge >= 0.3 is 40.0 Å². The molecule has 0 unspecified atom stereocenters. The largest absolute Gasteiger partial charge is 1.00 e. The van der Waals surface area contributed by atoms with E-state index >= 15 is 0 Å². The van der Waals surface area contributed by atoms with Crippen LogP contribution < -0.4 is 29.6 Å². The minimum absolute atomic E-state index is 0. The normalized spacial score (nSPS) is 8.44. The van der Waals surface area contributed by atoms with Gasteiger partial charge in [0.05, 0.1) is 0 Å². The van der Waals surface area contributed by atoms with Crippen LogP contribution in [-0.2, 0) is 10.4 Å². The fraction of sp³-hybridized carbons (Fsp3) is 0.667. The van der Waals surface area contributed by atoms with E-state index in [2.05, 4.69) is 6.92 Å². The van der Waals surface area contributed by atoms with Crippen molar-refractivity contribution in [2.45, 2.75) is 13.3 Å². The van der Waals surface area contributed by atoms with Gasteiger partial charge in [0.1, 0.15) is 0 Å². The molecule has 0 aromatic rings. The molecule has 0 aromatic carbocycles. The predicted octanol–water partition coefficient (Wildman–Crippen LogP) is -2.42. The fourth-order valence-corrected chi connectivity index (χ4v) is 0. The summed E-state index contributed by atoms with van der Waals surface area (Å²) in [5, 5.41) is 0. The van der Waals surface area contributed by atoms with Crippen LogP contribution in [0.5, 0.6) is 0 Å². The quantitative estimate of drug-likeness (QED) is 0.237. The van der Waals surface area contributed by atoms with Crippen LogP contribution in [-0.4, -0.2) is 17.5 Å². The van der Waals surface area contributed by atoms with Crippen LogP contribution in [0.3, 0.4) is 0 Å². The minimum atomic E-state index is -4.67. The van der Waals surface area contributed by atoms with Gasteiger partial charge in [-0.25, -0.2) is 0 Å². The number of hydrogen-bond acceptors (Lipinski definition) is 2. The summed E-state index contributed by atoms with van der Waals surface area (Å²) in [5.41, 5.74) is 0. The zero-order valence-electron chi connectivity index (χ0n) is 5.53. The Kier molecular flexibility index (Phi) is 16.2. The minimum Gasteiger partial charge on any atom is -0.344 e. The Morgan fingerprint density at radius 1 is 1.44 bits per heavy atom. The molecule has 52 valence electrons. The molecule has 2 N–H and O–H groups in total. The van der Waals surface area contributed by atoms with Crippen molar-refractivity contribution in [3.63, 3.8) is 0 Å². The second-order valence-corrected chi connectivity index (χ2v) is 1.84. The van der Waals surface area contributed by atoms with E-state index in [0.29, 0.717) is 0 Å². The van der Waals surface area contributed by atoms with E-state index in [4.69, 9.17) is 17.5 Å². The van der Waals surface area contributed by atoms with Gasteiger partial charge in [0.25, 0.3) is 0 Å². The maximum Gasteiger partial charge on any atom is 1.00 e. The maximum atomic E-state index is 8.74. The molecule has 6 heteroatoms. The van der Waals surface area contributed by atoms with Gasteiger partial charge in [-0.1, -0.05) is 6.92 Å². The molecule has 0 aliphatic carbocycles. The Labute approximate surface area is 77.5 Å². The van der Waals surface area contributed by atoms with Crippen molar-refractivity contribution in [2.75, 3.05) is 0 Å². The van der Waals surface area contributed by atoms with Gasteiger partial charge in [0.2, 0.25) is 0 Å². The van der Waals surface area contributed by atoms with Crippen LogP contribution in [0.4, 0.5) is 0 Å². The molecule has 4 nitrogen and oxygen atoms in total. The van der Waals surface area contributed by atoms with Gasteiger partial charge in [0.15, 0.2) is 0 Å². The van der Waals surface area contributed by atoms with Gasteiger partial charge < -0.3 is 6.92 Å². The van der Waals surface area contributed by atoms with Crippen molar-refractivity contribution in [1.29, 1.82) is 0 Å². The zero-order valence-corrected chi connectivity index (χ0v) is 8.35. The first-order valence-electron chi connectivity index (χ1n) is 1.91. The molecular formula is C3H9NaO4S. The third-order valence-corrected chi connectivity index (χ3v) is 0. The van der Waals surface area contributed by atoms with E-state index in [1.165, 1.54) is 0 Å². The van der Waals surface area contributed by atoms with Gasteiger partial charge in [-0.3, -0.25) is 9.11 Å². The predicted molar refractivity (Wildman–Crippen MR) is 29.8 cm³/mol. The molecule has 0 fully saturated rings. The Hall–Kier alpha value is 0.870. The summed E-state index contributed by atoms with van der Waals surface area (Å²) >= 11 is 0. The number of rotatable bonds is 0. The van der Waals surface area contributed by atoms with Gasteiger partial charge in [0, 0.05) is 0 Å². The SMILES string of the molecule is O=S(=O)(O)O.[CH2-]CC.[Na+]. The Bertz CT molecular complexity index is 110. The molecule has 0 bridgehead atoms. The molecule has 0 atom stereocenters. The molecule has 0 rings (SSSR count). The van der Waals surface area contributed by atoms with E-state index in [9.17, 15) is 0 Å². The topological polar surface area (TPSA) is 74.6 Å². The van der Waals surface area contributed by atoms with Crippen molar-refractivity contribution < 1.29 is 47.1 Å². The second kappa shape index (κ2) is 8.87. The summed E-state index contributed by atoms with van der Waals surface area (Å²) in [4.78, 5) is 0. The summed E-state index contributed by atoms with van der Waals surface area (Å²) < 4.78 is 31.6. The molecular weight excluding hydrogens is 155 g/mol. The van der Waals surface area contributed by atoms with Crippen molar-refractivity contribution >= 4 is 10.4 Å². The van der Waals surface area contributed by atoms with Crippen LogP contribution in [0.25, 0.3) is 0 Å². The van der Waals surface area contributed by atoms with E-state index in [0.717, 1.165) is 6.42 Å². The van der Waals surface area contributed by atoms with Gasteiger partial charge in [-0.2, -0.15) is 14.8 Å². The third-order valence-electron chi connectivity index (χ3n) is 0. The first kappa shape index (κ1) is 16.5. The summed E-state index contributed by atoms with van der Waals surface area (Å²) in [6, 6.07) is 0. The van der Waals surface area contributed by atoms with Gasteiger partial charge in [-0.15, -0.1) is 0 Å². The first-order valence-corrected chi connectivity index (χ1v) is 3.30. The average molecular weight is 164 g/mol. The summed E-state index contributed by atoms with van der Waals surface area (Å²) in [6.45, 7) is 5.50. The summed E-state index contributed by atoms with van der Waals surface area (Å²) in [5.74, 6) is 0. The molecule has 0 saturated carbocycles. The summed E-state index contributed by atoms with van der Waals surface area (Å²) in [6.07, 6.45) is 1.00. The average Bonchev–Trinajstić information content (AvgIpc) is 1.27. The van der Waals surface area contributed by atoms with Crippen molar-refractivity contribution in [3.05, 3.63) is 6.92 Å². The standard InChI is InChI=1S/C3H7.Na.H2O4S/c1-3-2;;1-5(2,3)4/h1,3H2,2H3;;(H2,1,2,3,4)/q-1;+1;. The van der Waals surface area contributed by atoms with Crippen molar-refractivity contribution in [2.24, 2.45) is 0 Å². The molecule has 0 aliphatic rings. The van der Waals surface area contributed by atoms with Crippen LogP contribution >= 0.6 is 0 Å². The zero-order chi connectivity index (χ0) is 7.21. The van der Waals surface area contributed by atoms with Crippen molar-refractivity contribution in [3.8, 4) is 0 Å². The molecule has 0 heterocycles. The second-order valence-electron chi connectivity index (χ2n) is 0.948. The van der Waals surface area contributed by atoms with E-state index in [1.54, 1.807) is 0 Å². The van der Waals surface area contributed by atoms with Gasteiger partial charge in [-0.05, 0) is 0 Å². The molecule has 0 aromatic heterocycles. The maximum absolute atomic E-state index is 8.74. The molecule has 0 spiro atoms. The Morgan fingerprint density at radius 2 is 1.44 bits per heavy atom. The molecule has 0 aliphatic heterocycles. The monoisotopic (exact) mass is 164 g/mol. The van der Waals surface area contributed by atoms with Crippen LogP contribution in [0, 0.1) is 6.92 Å². The Balaban J connectivity index is -0.0000000800. The molecule has 0 saturated heterocycles. The molecule has 0 radical (unpaired) electrons. The van der Waals surface area contributed by atoms with Crippen LogP contribution in [0.1, 0.15) is 13.3 Å². The summed E-state index contributed by atoms with van der Waals surface area (Å²) in [7, 11) is -4.67. The van der Waals surface area contributed by atoms with Crippen molar-refractivity contribution in [1.82, 2.24) is 0 Å². The van der Waals surface area contributed by atoms with Crippen LogP contribution in [0.2, 0.25) is 0 Å². The third kappa shape index (κ3) is 553. The molecule has 9 heavy (non-hydrogen) atoms. The first-order chi connectivity index (χ1) is 3.41. The smallest absolute Gasteiger partial charge is 0.344 e. The van der Waals surface area contributed by atoms with Crippen LogP contribution in [0.15, 0.2) is 0 Å². The Morgan fingerprint density at radius 3 is 1.44 bits per heavy atom. The number of hydrogen-bond donors (Lipinski definition) is 2. The van der Waals surface area contributed by atoms with E-state index < -0.39 is 10.4 Å². The molecule has 0 amide bonds. The fourth-order valence-electron chi connectivity index (χ4n) is 0.